The van der Waals surface area contributed by atoms with Gasteiger partial charge in [0.15, 0.2) is 0 Å². The maximum absolute atomic E-state index is 12.6. The van der Waals surface area contributed by atoms with Crippen LogP contribution in [0.5, 0.6) is 0 Å². The number of benzene rings is 1. The lowest BCUT2D eigenvalue weighted by Gasteiger charge is -2.40. The average Bonchev–Trinajstić information content (AvgIpc) is 2.61. The maximum atomic E-state index is 12.6. The van der Waals surface area contributed by atoms with Crippen LogP contribution in [0.15, 0.2) is 30.3 Å². The number of likely N-dealkylation sites (tertiary alicyclic amines) is 1. The van der Waals surface area contributed by atoms with Crippen LogP contribution in [0.1, 0.15) is 46.1 Å². The highest BCUT2D eigenvalue weighted by Gasteiger charge is 2.43. The van der Waals surface area contributed by atoms with E-state index in [1.807, 2.05) is 18.2 Å². The molecular formula is C20H31N3O4. The highest BCUT2D eigenvalue weighted by molar-refractivity contribution is 5.81. The molecule has 0 aromatic heterocycles. The number of carbonyl (C=O) groups is 2. The van der Waals surface area contributed by atoms with E-state index < -0.39 is 17.2 Å². The summed E-state index contributed by atoms with van der Waals surface area (Å²) in [5.74, 6) is -0.347. The van der Waals surface area contributed by atoms with Crippen molar-refractivity contribution in [2.75, 3.05) is 19.7 Å². The van der Waals surface area contributed by atoms with Crippen molar-refractivity contribution in [2.24, 2.45) is 0 Å². The Morgan fingerprint density at radius 3 is 2.33 bits per heavy atom. The molecule has 0 radical (unpaired) electrons. The Morgan fingerprint density at radius 1 is 1.15 bits per heavy atom. The summed E-state index contributed by atoms with van der Waals surface area (Å²) in [5.41, 5.74) is 5.11. The van der Waals surface area contributed by atoms with E-state index in [9.17, 15) is 9.59 Å². The van der Waals surface area contributed by atoms with Crippen LogP contribution in [-0.4, -0.2) is 47.8 Å². The number of rotatable bonds is 6. The summed E-state index contributed by atoms with van der Waals surface area (Å²) in [6, 6.07) is 10.2. The van der Waals surface area contributed by atoms with Gasteiger partial charge in [-0.05, 0) is 46.1 Å². The second-order valence-corrected chi connectivity index (χ2v) is 7.82. The van der Waals surface area contributed by atoms with Gasteiger partial charge in [0.25, 0.3) is 0 Å². The van der Waals surface area contributed by atoms with E-state index in [-0.39, 0.29) is 5.97 Å². The first-order valence-electron chi connectivity index (χ1n) is 9.44. The summed E-state index contributed by atoms with van der Waals surface area (Å²) < 4.78 is 10.5. The van der Waals surface area contributed by atoms with Gasteiger partial charge in [0.2, 0.25) is 0 Å². The van der Waals surface area contributed by atoms with Crippen molar-refractivity contribution in [1.82, 2.24) is 15.8 Å². The van der Waals surface area contributed by atoms with Crippen LogP contribution in [0.25, 0.3) is 0 Å². The first-order chi connectivity index (χ1) is 12.7. The maximum Gasteiger partial charge on any atom is 0.422 e. The summed E-state index contributed by atoms with van der Waals surface area (Å²) in [6.07, 6.45) is 0.459. The molecule has 1 heterocycles. The molecule has 7 heteroatoms. The van der Waals surface area contributed by atoms with E-state index in [1.54, 1.807) is 27.7 Å². The molecule has 2 N–H and O–H groups in total. The molecule has 1 aromatic carbocycles. The zero-order valence-electron chi connectivity index (χ0n) is 16.7. The van der Waals surface area contributed by atoms with Crippen molar-refractivity contribution in [2.45, 2.75) is 58.2 Å². The SMILES string of the molecule is CCOC(=O)C1(NNC(=O)OC(C)(C)C)CCN(Cc2ccccc2)CC1. The molecule has 1 aliphatic rings. The fraction of sp³-hybridized carbons (Fsp3) is 0.600. The van der Waals surface area contributed by atoms with Gasteiger partial charge in [0.05, 0.1) is 6.61 Å². The van der Waals surface area contributed by atoms with E-state index in [4.69, 9.17) is 9.47 Å². The Hall–Kier alpha value is -2.12. The van der Waals surface area contributed by atoms with E-state index in [1.165, 1.54) is 5.56 Å². The van der Waals surface area contributed by atoms with Gasteiger partial charge < -0.3 is 9.47 Å². The van der Waals surface area contributed by atoms with Gasteiger partial charge in [-0.2, -0.15) is 0 Å². The van der Waals surface area contributed by atoms with Crippen LogP contribution in [0, 0.1) is 0 Å². The van der Waals surface area contributed by atoms with Crippen molar-refractivity contribution in [3.63, 3.8) is 0 Å². The van der Waals surface area contributed by atoms with Gasteiger partial charge in [-0.25, -0.2) is 15.0 Å². The van der Waals surface area contributed by atoms with Crippen molar-refractivity contribution in [3.8, 4) is 0 Å². The van der Waals surface area contributed by atoms with Gasteiger partial charge in [0.1, 0.15) is 11.1 Å². The van der Waals surface area contributed by atoms with Crippen molar-refractivity contribution < 1.29 is 19.1 Å². The van der Waals surface area contributed by atoms with E-state index >= 15 is 0 Å². The molecule has 2 rings (SSSR count). The summed E-state index contributed by atoms with van der Waals surface area (Å²) in [5, 5.41) is 0. The third-order valence-electron chi connectivity index (χ3n) is 4.43. The molecule has 0 spiro atoms. The number of ether oxygens (including phenoxy) is 2. The van der Waals surface area contributed by atoms with E-state index in [0.29, 0.717) is 19.4 Å². The highest BCUT2D eigenvalue weighted by atomic mass is 16.6. The summed E-state index contributed by atoms with van der Waals surface area (Å²) in [7, 11) is 0. The summed E-state index contributed by atoms with van der Waals surface area (Å²) in [4.78, 5) is 26.9. The quantitative estimate of drug-likeness (QED) is 0.586. The van der Waals surface area contributed by atoms with Crippen molar-refractivity contribution >= 4 is 12.1 Å². The Labute approximate surface area is 161 Å². The molecule has 1 fully saturated rings. The molecule has 0 unspecified atom stereocenters. The Balaban J connectivity index is 1.97. The van der Waals surface area contributed by atoms with Crippen LogP contribution in [-0.2, 0) is 20.8 Å². The fourth-order valence-corrected chi connectivity index (χ4v) is 3.06. The highest BCUT2D eigenvalue weighted by Crippen LogP contribution is 2.25. The van der Waals surface area contributed by atoms with Crippen LogP contribution in [0.2, 0.25) is 0 Å². The molecular weight excluding hydrogens is 346 g/mol. The molecule has 1 amide bonds. The van der Waals surface area contributed by atoms with Crippen LogP contribution >= 0.6 is 0 Å². The predicted octanol–water partition coefficient (Wildman–Crippen LogP) is 2.61. The molecule has 150 valence electrons. The summed E-state index contributed by atoms with van der Waals surface area (Å²) in [6.45, 7) is 9.70. The molecule has 0 aliphatic carbocycles. The minimum absolute atomic E-state index is 0.294. The van der Waals surface area contributed by atoms with Gasteiger partial charge in [0, 0.05) is 19.6 Å². The molecule has 1 aromatic rings. The van der Waals surface area contributed by atoms with Gasteiger partial charge in [-0.3, -0.25) is 10.3 Å². The van der Waals surface area contributed by atoms with Gasteiger partial charge in [-0.1, -0.05) is 30.3 Å². The predicted molar refractivity (Wildman–Crippen MR) is 103 cm³/mol. The largest absolute Gasteiger partial charge is 0.465 e. The molecule has 27 heavy (non-hydrogen) atoms. The molecule has 0 saturated carbocycles. The van der Waals surface area contributed by atoms with Crippen molar-refractivity contribution in [1.29, 1.82) is 0 Å². The minimum atomic E-state index is -0.944. The lowest BCUT2D eigenvalue weighted by molar-refractivity contribution is -0.154. The monoisotopic (exact) mass is 377 g/mol. The number of hydrogen-bond donors (Lipinski definition) is 2. The number of carbonyl (C=O) groups excluding carboxylic acids is 2. The topological polar surface area (TPSA) is 79.9 Å². The van der Waals surface area contributed by atoms with Crippen molar-refractivity contribution in [3.05, 3.63) is 35.9 Å². The average molecular weight is 377 g/mol. The normalized spacial score (nSPS) is 17.2. The van der Waals surface area contributed by atoms with Crippen LogP contribution < -0.4 is 10.9 Å². The van der Waals surface area contributed by atoms with Crippen LogP contribution in [0.3, 0.4) is 0 Å². The standard InChI is InChI=1S/C20H31N3O4/c1-5-26-17(24)20(22-21-18(25)27-19(2,3)4)11-13-23(14-12-20)15-16-9-7-6-8-10-16/h6-10,22H,5,11-15H2,1-4H3,(H,21,25). The van der Waals surface area contributed by atoms with Crippen LogP contribution in [0.4, 0.5) is 4.79 Å². The fourth-order valence-electron chi connectivity index (χ4n) is 3.06. The first-order valence-corrected chi connectivity index (χ1v) is 9.44. The zero-order valence-corrected chi connectivity index (χ0v) is 16.7. The molecule has 7 nitrogen and oxygen atoms in total. The number of amides is 1. The number of esters is 1. The first kappa shape index (κ1) is 21.2. The van der Waals surface area contributed by atoms with Gasteiger partial charge in [-0.15, -0.1) is 0 Å². The molecule has 0 atom stereocenters. The third-order valence-corrected chi connectivity index (χ3v) is 4.43. The second kappa shape index (κ2) is 9.19. The third kappa shape index (κ3) is 6.52. The number of hydrogen-bond acceptors (Lipinski definition) is 6. The smallest absolute Gasteiger partial charge is 0.422 e. The zero-order chi connectivity index (χ0) is 19.9. The molecule has 1 saturated heterocycles. The molecule has 1 aliphatic heterocycles. The number of piperidine rings is 1. The van der Waals surface area contributed by atoms with E-state index in [0.717, 1.165) is 19.6 Å². The Morgan fingerprint density at radius 2 is 1.78 bits per heavy atom. The van der Waals surface area contributed by atoms with E-state index in [2.05, 4.69) is 27.9 Å². The Bertz CT molecular complexity index is 620. The minimum Gasteiger partial charge on any atom is -0.465 e. The lowest BCUT2D eigenvalue weighted by Crippen LogP contribution is -2.63. The number of hydrazine groups is 1. The lowest BCUT2D eigenvalue weighted by atomic mass is 9.88. The van der Waals surface area contributed by atoms with Gasteiger partial charge >= 0.3 is 12.1 Å². The summed E-state index contributed by atoms with van der Waals surface area (Å²) >= 11 is 0. The molecule has 0 bridgehead atoms. The second-order valence-electron chi connectivity index (χ2n) is 7.82. The number of nitrogens with zero attached hydrogens (tertiary/aromatic N) is 1. The Kier molecular flexibility index (Phi) is 7.21. The number of nitrogens with one attached hydrogen (secondary N) is 2.